The summed E-state index contributed by atoms with van der Waals surface area (Å²) in [4.78, 5) is 0. The number of hydrogen-bond acceptors (Lipinski definition) is 2. The van der Waals surface area contributed by atoms with Gasteiger partial charge in [-0.25, -0.2) is 0 Å². The van der Waals surface area contributed by atoms with Crippen LogP contribution < -0.4 is 10.8 Å². The maximum Gasteiger partial charge on any atom is 0.0250 e. The van der Waals surface area contributed by atoms with E-state index < -0.39 is 0 Å². The molecule has 0 aromatic heterocycles. The van der Waals surface area contributed by atoms with E-state index in [9.17, 15) is 0 Å². The van der Waals surface area contributed by atoms with Crippen molar-refractivity contribution in [2.24, 2.45) is 5.73 Å². The SMILES string of the molecule is NC1CCCC[C@@H]1NP. The Balaban J connectivity index is 2.30. The van der Waals surface area contributed by atoms with Crippen LogP contribution in [0.4, 0.5) is 0 Å². The lowest BCUT2D eigenvalue weighted by atomic mass is 9.92. The van der Waals surface area contributed by atoms with Crippen molar-refractivity contribution in [1.29, 1.82) is 0 Å². The first kappa shape index (κ1) is 7.46. The van der Waals surface area contributed by atoms with Crippen molar-refractivity contribution in [2.45, 2.75) is 37.8 Å². The van der Waals surface area contributed by atoms with Gasteiger partial charge in [-0.3, -0.25) is 5.09 Å². The summed E-state index contributed by atoms with van der Waals surface area (Å²) in [6.07, 6.45) is 5.07. The summed E-state index contributed by atoms with van der Waals surface area (Å²) in [7, 11) is 2.54. The average Bonchev–Trinajstić information content (AvgIpc) is 1.89. The maximum atomic E-state index is 5.81. The van der Waals surface area contributed by atoms with Crippen molar-refractivity contribution in [2.75, 3.05) is 0 Å². The summed E-state index contributed by atoms with van der Waals surface area (Å²) in [6, 6.07) is 0.931. The Morgan fingerprint density at radius 2 is 2.00 bits per heavy atom. The minimum atomic E-state index is 0.385. The smallest absolute Gasteiger partial charge is 0.0250 e. The van der Waals surface area contributed by atoms with E-state index in [1.807, 2.05) is 0 Å². The first-order valence-electron chi connectivity index (χ1n) is 3.56. The number of nitrogens with two attached hydrogens (primary N) is 1. The van der Waals surface area contributed by atoms with Crippen LogP contribution in [0.2, 0.25) is 0 Å². The maximum absolute atomic E-state index is 5.81. The molecule has 1 aliphatic rings. The molecule has 9 heavy (non-hydrogen) atoms. The predicted molar refractivity (Wildman–Crippen MR) is 43.1 cm³/mol. The van der Waals surface area contributed by atoms with Crippen LogP contribution in [0.25, 0.3) is 0 Å². The number of rotatable bonds is 1. The van der Waals surface area contributed by atoms with Gasteiger partial charge in [0.1, 0.15) is 0 Å². The Bertz CT molecular complexity index is 87.1. The van der Waals surface area contributed by atoms with Gasteiger partial charge >= 0.3 is 0 Å². The zero-order valence-corrected chi connectivity index (χ0v) is 6.79. The molecule has 3 heteroatoms. The largest absolute Gasteiger partial charge is 0.326 e. The zero-order valence-electron chi connectivity index (χ0n) is 5.64. The summed E-state index contributed by atoms with van der Waals surface area (Å²) in [5, 5.41) is 3.15. The van der Waals surface area contributed by atoms with Crippen LogP contribution in [0.1, 0.15) is 25.7 Å². The van der Waals surface area contributed by atoms with Crippen LogP contribution in [-0.2, 0) is 0 Å². The Morgan fingerprint density at radius 3 is 2.44 bits per heavy atom. The van der Waals surface area contributed by atoms with Gasteiger partial charge in [0.2, 0.25) is 0 Å². The van der Waals surface area contributed by atoms with Crippen LogP contribution in [0, 0.1) is 0 Å². The molecule has 1 rings (SSSR count). The van der Waals surface area contributed by atoms with Gasteiger partial charge in [-0.2, -0.15) is 0 Å². The van der Waals surface area contributed by atoms with Gasteiger partial charge in [0.05, 0.1) is 0 Å². The summed E-state index contributed by atoms with van der Waals surface area (Å²) >= 11 is 0. The molecule has 1 saturated carbocycles. The third-order valence-electron chi connectivity index (χ3n) is 2.03. The first-order chi connectivity index (χ1) is 4.34. The van der Waals surface area contributed by atoms with Gasteiger partial charge in [-0.05, 0) is 12.8 Å². The fourth-order valence-corrected chi connectivity index (χ4v) is 1.78. The van der Waals surface area contributed by atoms with Crippen molar-refractivity contribution in [3.05, 3.63) is 0 Å². The Labute approximate surface area is 58.8 Å². The van der Waals surface area contributed by atoms with Crippen molar-refractivity contribution >= 4 is 9.39 Å². The summed E-state index contributed by atoms with van der Waals surface area (Å²) in [6.45, 7) is 0. The highest BCUT2D eigenvalue weighted by atomic mass is 31.0. The molecule has 0 aromatic carbocycles. The van der Waals surface area contributed by atoms with E-state index in [-0.39, 0.29) is 0 Å². The second kappa shape index (κ2) is 3.50. The molecule has 0 saturated heterocycles. The molecule has 0 spiro atoms. The van der Waals surface area contributed by atoms with Crippen LogP contribution in [-0.4, -0.2) is 12.1 Å². The number of hydrogen-bond donors (Lipinski definition) is 2. The second-order valence-corrected chi connectivity index (χ2v) is 3.05. The standard InChI is InChI=1S/C6H15N2P/c7-5-3-1-2-4-6(5)8-9/h5-6,8H,1-4,7,9H2/t5?,6-/m0/s1. The molecular formula is C6H15N2P. The van der Waals surface area contributed by atoms with E-state index in [0.717, 1.165) is 0 Å². The highest BCUT2D eigenvalue weighted by Gasteiger charge is 2.19. The second-order valence-electron chi connectivity index (χ2n) is 2.72. The molecule has 2 nitrogen and oxygen atoms in total. The molecule has 0 aromatic rings. The van der Waals surface area contributed by atoms with Crippen molar-refractivity contribution in [3.63, 3.8) is 0 Å². The molecule has 3 atom stereocenters. The monoisotopic (exact) mass is 146 g/mol. The minimum absolute atomic E-state index is 0.385. The molecule has 1 aliphatic carbocycles. The quantitative estimate of drug-likeness (QED) is 0.533. The van der Waals surface area contributed by atoms with E-state index in [2.05, 4.69) is 14.5 Å². The van der Waals surface area contributed by atoms with Gasteiger partial charge in [0.25, 0.3) is 0 Å². The summed E-state index contributed by atoms with van der Waals surface area (Å²) in [5.74, 6) is 0. The Kier molecular flexibility index (Phi) is 2.90. The predicted octanol–water partition coefficient (Wildman–Crippen LogP) is 0.636. The Hall–Kier alpha value is 0.350. The van der Waals surface area contributed by atoms with Gasteiger partial charge < -0.3 is 5.73 Å². The topological polar surface area (TPSA) is 38.0 Å². The summed E-state index contributed by atoms with van der Waals surface area (Å²) in [5.41, 5.74) is 5.81. The Morgan fingerprint density at radius 1 is 1.33 bits per heavy atom. The number of nitrogens with one attached hydrogen (secondary N) is 1. The van der Waals surface area contributed by atoms with Gasteiger partial charge in [0, 0.05) is 12.1 Å². The van der Waals surface area contributed by atoms with E-state index >= 15 is 0 Å². The van der Waals surface area contributed by atoms with Crippen molar-refractivity contribution < 1.29 is 0 Å². The first-order valence-corrected chi connectivity index (χ1v) is 4.14. The molecule has 54 valence electrons. The van der Waals surface area contributed by atoms with E-state index in [1.165, 1.54) is 25.7 Å². The molecule has 0 radical (unpaired) electrons. The van der Waals surface area contributed by atoms with Crippen molar-refractivity contribution in [3.8, 4) is 0 Å². The molecular weight excluding hydrogens is 131 g/mol. The third-order valence-corrected chi connectivity index (χ3v) is 2.46. The molecule has 0 amide bonds. The molecule has 0 bridgehead atoms. The van der Waals surface area contributed by atoms with E-state index in [0.29, 0.717) is 12.1 Å². The molecule has 3 N–H and O–H groups in total. The molecule has 0 heterocycles. The lowest BCUT2D eigenvalue weighted by molar-refractivity contribution is 0.368. The van der Waals surface area contributed by atoms with Crippen LogP contribution in [0.3, 0.4) is 0 Å². The third kappa shape index (κ3) is 1.89. The van der Waals surface area contributed by atoms with Crippen LogP contribution in [0.15, 0.2) is 0 Å². The average molecular weight is 146 g/mol. The van der Waals surface area contributed by atoms with Crippen molar-refractivity contribution in [1.82, 2.24) is 5.09 Å². The normalized spacial score (nSPS) is 36.7. The highest BCUT2D eigenvalue weighted by Crippen LogP contribution is 2.17. The molecule has 2 unspecified atom stereocenters. The lowest BCUT2D eigenvalue weighted by Gasteiger charge is -2.27. The fourth-order valence-electron chi connectivity index (χ4n) is 1.37. The fraction of sp³-hybridized carbons (Fsp3) is 1.00. The van der Waals surface area contributed by atoms with Gasteiger partial charge in [-0.15, -0.1) is 0 Å². The highest BCUT2D eigenvalue weighted by molar-refractivity contribution is 7.13. The van der Waals surface area contributed by atoms with E-state index in [4.69, 9.17) is 5.73 Å². The molecule has 1 fully saturated rings. The van der Waals surface area contributed by atoms with E-state index in [1.54, 1.807) is 0 Å². The van der Waals surface area contributed by atoms with Crippen LogP contribution in [0.5, 0.6) is 0 Å². The minimum Gasteiger partial charge on any atom is -0.326 e. The van der Waals surface area contributed by atoms with Gasteiger partial charge in [0.15, 0.2) is 0 Å². The summed E-state index contributed by atoms with van der Waals surface area (Å²) < 4.78 is 0. The molecule has 0 aliphatic heterocycles. The van der Waals surface area contributed by atoms with Gasteiger partial charge in [-0.1, -0.05) is 22.2 Å². The lowest BCUT2D eigenvalue weighted by Crippen LogP contribution is -2.43. The zero-order chi connectivity index (χ0) is 6.69. The van der Waals surface area contributed by atoms with Crippen LogP contribution >= 0.6 is 9.39 Å².